The summed E-state index contributed by atoms with van der Waals surface area (Å²) in [5.74, 6) is 0. The summed E-state index contributed by atoms with van der Waals surface area (Å²) in [4.78, 5) is 0.218. The summed E-state index contributed by atoms with van der Waals surface area (Å²) < 4.78 is 22.8. The van der Waals surface area contributed by atoms with Gasteiger partial charge in [0.1, 0.15) is 0 Å². The quantitative estimate of drug-likeness (QED) is 0.615. The van der Waals surface area contributed by atoms with E-state index in [4.69, 9.17) is 10.9 Å². The Hall–Kier alpha value is 0.128. The number of hydrogen-bond donors (Lipinski definition) is 2. The summed E-state index contributed by atoms with van der Waals surface area (Å²) in [6, 6.07) is 0. The van der Waals surface area contributed by atoms with Crippen LogP contribution in [0, 0.1) is 0 Å². The molecule has 1 rings (SSSR count). The molecule has 0 aliphatic rings. The SMILES string of the molecule is NCc1csc([AsH2])c1S(N)(=O)=O. The number of sulfonamides is 1. The maximum absolute atomic E-state index is 11.0. The van der Waals surface area contributed by atoms with E-state index >= 15 is 0 Å². The standard InChI is InChI=1S/C5H9AsN2O2S2/c6-5-4(12(8,9)10)3(1-7)2-11-5/h2H,1,6-7H2,(H2,8,9,10). The van der Waals surface area contributed by atoms with E-state index in [-0.39, 0.29) is 11.4 Å². The zero-order valence-corrected chi connectivity index (χ0v) is 10.2. The van der Waals surface area contributed by atoms with Crippen LogP contribution in [0.15, 0.2) is 10.3 Å². The van der Waals surface area contributed by atoms with Crippen LogP contribution in [0.25, 0.3) is 0 Å². The van der Waals surface area contributed by atoms with E-state index in [1.807, 2.05) is 0 Å². The molecular weight excluding hydrogens is 259 g/mol. The van der Waals surface area contributed by atoms with Crippen LogP contribution in [0.4, 0.5) is 0 Å². The van der Waals surface area contributed by atoms with Crippen molar-refractivity contribution in [3.05, 3.63) is 10.9 Å². The van der Waals surface area contributed by atoms with E-state index in [1.54, 1.807) is 5.38 Å². The average Bonchev–Trinajstić information content (AvgIpc) is 2.29. The van der Waals surface area contributed by atoms with Crippen molar-refractivity contribution in [2.45, 2.75) is 11.4 Å². The summed E-state index contributed by atoms with van der Waals surface area (Å²) >= 11 is 2.62. The number of thiophene rings is 1. The zero-order chi connectivity index (χ0) is 9.35. The third-order valence-corrected chi connectivity index (χ3v) is 5.29. The Labute approximate surface area is 83.5 Å². The van der Waals surface area contributed by atoms with Crippen molar-refractivity contribution in [3.8, 4) is 0 Å². The normalized spacial score (nSPS) is 11.9. The Balaban J connectivity index is 3.39. The molecule has 0 saturated heterocycles. The number of rotatable bonds is 2. The predicted molar refractivity (Wildman–Crippen MR) is 51.8 cm³/mol. The molecule has 0 radical (unpaired) electrons. The van der Waals surface area contributed by atoms with Gasteiger partial charge in [0, 0.05) is 0 Å². The van der Waals surface area contributed by atoms with Crippen molar-refractivity contribution >= 4 is 41.9 Å². The van der Waals surface area contributed by atoms with Gasteiger partial charge in [-0.25, -0.2) is 0 Å². The third kappa shape index (κ3) is 1.89. The second kappa shape index (κ2) is 3.47. The fraction of sp³-hybridized carbons (Fsp3) is 0.200. The van der Waals surface area contributed by atoms with Gasteiger partial charge < -0.3 is 0 Å². The fourth-order valence-electron chi connectivity index (χ4n) is 0.864. The van der Waals surface area contributed by atoms with E-state index in [2.05, 4.69) is 0 Å². The van der Waals surface area contributed by atoms with E-state index in [1.165, 1.54) is 28.2 Å². The van der Waals surface area contributed by atoms with Gasteiger partial charge in [-0.3, -0.25) is 0 Å². The number of nitrogens with two attached hydrogens (primary N) is 2. The first-order valence-electron chi connectivity index (χ1n) is 3.05. The molecule has 68 valence electrons. The topological polar surface area (TPSA) is 86.2 Å². The molecule has 4 nitrogen and oxygen atoms in total. The second-order valence-electron chi connectivity index (χ2n) is 2.20. The molecular formula is C5H9AsN2O2S2. The fourth-order valence-corrected chi connectivity index (χ4v) is 4.79. The first-order chi connectivity index (χ1) is 5.46. The Morgan fingerprint density at radius 2 is 2.17 bits per heavy atom. The Morgan fingerprint density at radius 1 is 1.58 bits per heavy atom. The maximum atomic E-state index is 11.0. The van der Waals surface area contributed by atoms with Crippen molar-refractivity contribution in [2.24, 2.45) is 10.9 Å². The summed E-state index contributed by atoms with van der Waals surface area (Å²) in [7, 11) is -3.59. The molecule has 0 aromatic carbocycles. The second-order valence-corrected chi connectivity index (χ2v) is 6.70. The third-order valence-electron chi connectivity index (χ3n) is 1.35. The summed E-state index contributed by atoms with van der Waals surface area (Å²) in [5.41, 5.74) is 5.97. The van der Waals surface area contributed by atoms with E-state index in [0.29, 0.717) is 5.56 Å². The van der Waals surface area contributed by atoms with Gasteiger partial charge in [-0.2, -0.15) is 0 Å². The summed E-state index contributed by atoms with van der Waals surface area (Å²) in [6.45, 7) is 0.214. The van der Waals surface area contributed by atoms with Crippen LogP contribution in [-0.4, -0.2) is 25.3 Å². The summed E-state index contributed by atoms with van der Waals surface area (Å²) in [6.07, 6.45) is 0. The Bertz CT molecular complexity index is 384. The molecule has 0 fully saturated rings. The van der Waals surface area contributed by atoms with Gasteiger partial charge in [0.25, 0.3) is 0 Å². The number of primary sulfonamides is 1. The molecule has 0 bridgehead atoms. The first kappa shape index (κ1) is 10.2. The van der Waals surface area contributed by atoms with Crippen molar-refractivity contribution in [1.82, 2.24) is 0 Å². The van der Waals surface area contributed by atoms with Crippen LogP contribution in [0.1, 0.15) is 5.56 Å². The van der Waals surface area contributed by atoms with Gasteiger partial charge in [0.2, 0.25) is 0 Å². The molecule has 12 heavy (non-hydrogen) atoms. The number of hydrogen-bond acceptors (Lipinski definition) is 4. The van der Waals surface area contributed by atoms with E-state index in [0.717, 1.165) is 3.66 Å². The predicted octanol–water partition coefficient (Wildman–Crippen LogP) is -1.89. The molecule has 7 heteroatoms. The minimum absolute atomic E-state index is 0.214. The monoisotopic (exact) mass is 268 g/mol. The molecule has 1 aromatic heterocycles. The molecule has 0 aliphatic heterocycles. The summed E-state index contributed by atoms with van der Waals surface area (Å²) in [5, 5.41) is 6.74. The van der Waals surface area contributed by atoms with Gasteiger partial charge in [0.15, 0.2) is 0 Å². The minimum atomic E-state index is -3.59. The first-order valence-corrected chi connectivity index (χ1v) is 6.69. The average molecular weight is 268 g/mol. The van der Waals surface area contributed by atoms with Crippen molar-refractivity contribution < 1.29 is 8.42 Å². The Kier molecular flexibility index (Phi) is 2.96. The van der Waals surface area contributed by atoms with Crippen LogP contribution < -0.4 is 14.5 Å². The molecule has 0 amide bonds. The van der Waals surface area contributed by atoms with Gasteiger partial charge in [0.05, 0.1) is 0 Å². The zero-order valence-electron chi connectivity index (χ0n) is 6.15. The van der Waals surface area contributed by atoms with Crippen molar-refractivity contribution in [3.63, 3.8) is 0 Å². The molecule has 0 saturated carbocycles. The van der Waals surface area contributed by atoms with E-state index < -0.39 is 10.0 Å². The molecule has 1 aromatic rings. The van der Waals surface area contributed by atoms with Crippen molar-refractivity contribution in [1.29, 1.82) is 0 Å². The van der Waals surface area contributed by atoms with Gasteiger partial charge >= 0.3 is 83.6 Å². The molecule has 1 unspecified atom stereocenters. The van der Waals surface area contributed by atoms with Gasteiger partial charge in [-0.15, -0.1) is 0 Å². The van der Waals surface area contributed by atoms with Crippen LogP contribution >= 0.6 is 11.3 Å². The molecule has 1 atom stereocenters. The van der Waals surface area contributed by atoms with Gasteiger partial charge in [-0.1, -0.05) is 0 Å². The Morgan fingerprint density at radius 3 is 2.50 bits per heavy atom. The molecule has 1 heterocycles. The molecule has 0 aliphatic carbocycles. The van der Waals surface area contributed by atoms with E-state index in [9.17, 15) is 8.42 Å². The molecule has 0 spiro atoms. The van der Waals surface area contributed by atoms with Crippen LogP contribution in [-0.2, 0) is 16.6 Å². The van der Waals surface area contributed by atoms with Crippen LogP contribution in [0.2, 0.25) is 0 Å². The van der Waals surface area contributed by atoms with Crippen molar-refractivity contribution in [2.75, 3.05) is 0 Å². The van der Waals surface area contributed by atoms with Crippen LogP contribution in [0.3, 0.4) is 0 Å². The van der Waals surface area contributed by atoms with Crippen LogP contribution in [0.5, 0.6) is 0 Å². The van der Waals surface area contributed by atoms with Gasteiger partial charge in [-0.05, 0) is 0 Å². The molecule has 4 N–H and O–H groups in total.